The van der Waals surface area contributed by atoms with E-state index in [0.717, 1.165) is 6.07 Å². The molecule has 0 atom stereocenters. The molecule has 0 unspecified atom stereocenters. The van der Waals surface area contributed by atoms with E-state index in [0.29, 0.717) is 17.4 Å². The number of fused-ring (bicyclic) bond motifs is 1. The first-order chi connectivity index (χ1) is 7.69. The minimum Gasteiger partial charge on any atom is -0.189 e. The molecule has 1 aromatic carbocycles. The Morgan fingerprint density at radius 1 is 1.18 bits per heavy atom. The monoisotopic (exact) mass is 284 g/mol. The normalized spacial score (nSPS) is 13.2. The van der Waals surface area contributed by atoms with Gasteiger partial charge in [-0.05, 0) is 18.2 Å². The van der Waals surface area contributed by atoms with Crippen LogP contribution in [-0.2, 0) is 16.4 Å². The molecule has 0 saturated heterocycles. The van der Waals surface area contributed by atoms with Crippen molar-refractivity contribution < 1.29 is 25.5 Å². The maximum atomic E-state index is 12.9. The zero-order valence-corrected chi connectivity index (χ0v) is 9.59. The van der Waals surface area contributed by atoms with Gasteiger partial charge in [0.2, 0.25) is 0 Å². The van der Waals surface area contributed by atoms with E-state index < -0.39 is 26.2 Å². The molecule has 0 bridgehead atoms. The van der Waals surface area contributed by atoms with Crippen LogP contribution >= 0.6 is 11.3 Å². The zero-order chi connectivity index (χ0) is 12.8. The molecule has 0 spiro atoms. The molecule has 8 heteroatoms. The third-order valence-corrected chi connectivity index (χ3v) is 4.09. The van der Waals surface area contributed by atoms with E-state index in [4.69, 9.17) is 0 Å². The smallest absolute Gasteiger partial charge is 0.189 e. The predicted molar refractivity (Wildman–Crippen MR) is 55.1 cm³/mol. The van der Waals surface area contributed by atoms with Gasteiger partial charge < -0.3 is 0 Å². The van der Waals surface area contributed by atoms with Crippen LogP contribution in [0, 0.1) is 0 Å². The van der Waals surface area contributed by atoms with Gasteiger partial charge in [0.15, 0.2) is 0 Å². The summed E-state index contributed by atoms with van der Waals surface area (Å²) in [6.07, 6.45) is -4.57. The molecule has 0 amide bonds. The Hall–Kier alpha value is -1.15. The van der Waals surface area contributed by atoms with Crippen molar-refractivity contribution in [2.75, 3.05) is 0 Å². The Morgan fingerprint density at radius 2 is 1.82 bits per heavy atom. The molecule has 0 saturated carbocycles. The van der Waals surface area contributed by atoms with E-state index in [-0.39, 0.29) is 10.1 Å². The van der Waals surface area contributed by atoms with E-state index in [1.807, 2.05) is 0 Å². The number of alkyl halides is 3. The summed E-state index contributed by atoms with van der Waals surface area (Å²) in [4.78, 5) is -1.69. The molecule has 2 nitrogen and oxygen atoms in total. The highest BCUT2D eigenvalue weighted by Crippen LogP contribution is 2.40. The number of halogens is 4. The van der Waals surface area contributed by atoms with Crippen molar-refractivity contribution in [3.63, 3.8) is 0 Å². The Kier molecular flexibility index (Phi) is 2.66. The van der Waals surface area contributed by atoms with Gasteiger partial charge in [0.1, 0.15) is 9.77 Å². The molecule has 92 valence electrons. The van der Waals surface area contributed by atoms with Gasteiger partial charge in [-0.15, -0.1) is 15.2 Å². The second kappa shape index (κ2) is 3.67. The molecule has 2 aromatic rings. The van der Waals surface area contributed by atoms with E-state index in [2.05, 4.69) is 0 Å². The minimum absolute atomic E-state index is 0.0797. The summed E-state index contributed by atoms with van der Waals surface area (Å²) in [6, 6.07) is 4.09. The first kappa shape index (κ1) is 12.3. The van der Waals surface area contributed by atoms with Crippen LogP contribution in [0.15, 0.2) is 29.2 Å². The van der Waals surface area contributed by atoms with Crippen LogP contribution in [0.2, 0.25) is 0 Å². The number of hydrogen-bond acceptors (Lipinski definition) is 3. The molecule has 1 aromatic heterocycles. The molecule has 0 aliphatic carbocycles. The largest absolute Gasteiger partial charge is 0.425 e. The van der Waals surface area contributed by atoms with Crippen molar-refractivity contribution in [2.24, 2.45) is 0 Å². The van der Waals surface area contributed by atoms with Gasteiger partial charge in [-0.3, -0.25) is 0 Å². The number of benzene rings is 1. The lowest BCUT2D eigenvalue weighted by Crippen LogP contribution is -2.00. The van der Waals surface area contributed by atoms with Gasteiger partial charge in [0.25, 0.3) is 0 Å². The summed E-state index contributed by atoms with van der Waals surface area (Å²) in [5.41, 5.74) is 0. The summed E-state index contributed by atoms with van der Waals surface area (Å²) < 4.78 is 71.7. The Morgan fingerprint density at radius 3 is 2.35 bits per heavy atom. The highest BCUT2D eigenvalue weighted by atomic mass is 32.3. The molecule has 0 aliphatic rings. The zero-order valence-electron chi connectivity index (χ0n) is 7.95. The van der Waals surface area contributed by atoms with Crippen molar-refractivity contribution >= 4 is 31.6 Å². The van der Waals surface area contributed by atoms with Crippen LogP contribution in [0.1, 0.15) is 4.88 Å². The summed E-state index contributed by atoms with van der Waals surface area (Å²) >= 11 is 0.378. The molecule has 0 N–H and O–H groups in total. The molecule has 1 heterocycles. The minimum atomic E-state index is -5.02. The van der Waals surface area contributed by atoms with Crippen molar-refractivity contribution in [2.45, 2.75) is 11.1 Å². The number of rotatable bonds is 1. The van der Waals surface area contributed by atoms with Gasteiger partial charge in [0.05, 0.1) is 0 Å². The van der Waals surface area contributed by atoms with Crippen LogP contribution < -0.4 is 0 Å². The maximum absolute atomic E-state index is 12.9. The fourth-order valence-electron chi connectivity index (χ4n) is 1.39. The molecule has 0 fully saturated rings. The lowest BCUT2D eigenvalue weighted by Gasteiger charge is -1.99. The SMILES string of the molecule is O=S(=O)(F)c1cccc2sc(C(F)(F)F)cc12. The topological polar surface area (TPSA) is 34.1 Å². The van der Waals surface area contributed by atoms with Gasteiger partial charge >= 0.3 is 16.4 Å². The van der Waals surface area contributed by atoms with Crippen molar-refractivity contribution in [1.29, 1.82) is 0 Å². The van der Waals surface area contributed by atoms with Crippen molar-refractivity contribution in [3.8, 4) is 0 Å². The molecular formula is C9H4F4O2S2. The highest BCUT2D eigenvalue weighted by Gasteiger charge is 2.33. The Labute approximate surface area is 97.7 Å². The Bertz CT molecular complexity index is 670. The average molecular weight is 284 g/mol. The summed E-state index contributed by atoms with van der Waals surface area (Å²) in [5, 5.41) is -0.243. The summed E-state index contributed by atoms with van der Waals surface area (Å²) in [7, 11) is -5.02. The third-order valence-electron chi connectivity index (χ3n) is 2.06. The average Bonchev–Trinajstić information content (AvgIpc) is 2.57. The predicted octanol–water partition coefficient (Wildman–Crippen LogP) is 3.58. The molecule has 0 aliphatic heterocycles. The van der Waals surface area contributed by atoms with Crippen LogP contribution in [0.5, 0.6) is 0 Å². The fourth-order valence-corrected chi connectivity index (χ4v) is 3.08. The van der Waals surface area contributed by atoms with E-state index in [9.17, 15) is 25.5 Å². The first-order valence-corrected chi connectivity index (χ1v) is 6.44. The van der Waals surface area contributed by atoms with Crippen LogP contribution in [0.3, 0.4) is 0 Å². The van der Waals surface area contributed by atoms with Crippen LogP contribution in [0.4, 0.5) is 17.1 Å². The number of hydrogen-bond donors (Lipinski definition) is 0. The van der Waals surface area contributed by atoms with Crippen LogP contribution in [0.25, 0.3) is 10.1 Å². The summed E-state index contributed by atoms with van der Waals surface area (Å²) in [6.45, 7) is 0. The van der Waals surface area contributed by atoms with E-state index in [1.54, 1.807) is 0 Å². The maximum Gasteiger partial charge on any atom is 0.425 e. The molecular weight excluding hydrogens is 280 g/mol. The molecule has 0 radical (unpaired) electrons. The Balaban J connectivity index is 2.79. The van der Waals surface area contributed by atoms with Gasteiger partial charge in [0, 0.05) is 10.1 Å². The lowest BCUT2D eigenvalue weighted by atomic mass is 10.2. The highest BCUT2D eigenvalue weighted by molar-refractivity contribution is 7.86. The molecule has 2 rings (SSSR count). The number of thiophene rings is 1. The standard InChI is InChI=1S/C9H4F4O2S2/c10-9(11,12)8-4-5-6(16-8)2-1-3-7(5)17(13,14)15/h1-4H. The third kappa shape index (κ3) is 2.27. The van der Waals surface area contributed by atoms with Gasteiger partial charge in [-0.1, -0.05) is 6.07 Å². The van der Waals surface area contributed by atoms with Gasteiger partial charge in [-0.2, -0.15) is 21.6 Å². The van der Waals surface area contributed by atoms with E-state index >= 15 is 0 Å². The van der Waals surface area contributed by atoms with Crippen LogP contribution in [-0.4, -0.2) is 8.42 Å². The van der Waals surface area contributed by atoms with Gasteiger partial charge in [-0.25, -0.2) is 0 Å². The quantitative estimate of drug-likeness (QED) is 0.592. The fraction of sp³-hybridized carbons (Fsp3) is 0.111. The lowest BCUT2D eigenvalue weighted by molar-refractivity contribution is -0.134. The molecule has 17 heavy (non-hydrogen) atoms. The van der Waals surface area contributed by atoms with Crippen molar-refractivity contribution in [1.82, 2.24) is 0 Å². The second-order valence-electron chi connectivity index (χ2n) is 3.21. The summed E-state index contributed by atoms with van der Waals surface area (Å²) in [5.74, 6) is 0. The second-order valence-corrected chi connectivity index (χ2v) is 5.61. The van der Waals surface area contributed by atoms with E-state index in [1.165, 1.54) is 12.1 Å². The van der Waals surface area contributed by atoms with Crippen molar-refractivity contribution in [3.05, 3.63) is 29.1 Å². The first-order valence-electron chi connectivity index (χ1n) is 4.24.